The van der Waals surface area contributed by atoms with Crippen LogP contribution in [0.3, 0.4) is 0 Å². The molecule has 0 fully saturated rings. The minimum atomic E-state index is -0.419. The van der Waals surface area contributed by atoms with Gasteiger partial charge in [0.1, 0.15) is 5.75 Å². The maximum absolute atomic E-state index is 11.7. The number of amides is 1. The molecule has 0 saturated carbocycles. The fourth-order valence-electron chi connectivity index (χ4n) is 1.74. The van der Waals surface area contributed by atoms with Crippen molar-refractivity contribution in [3.63, 3.8) is 0 Å². The summed E-state index contributed by atoms with van der Waals surface area (Å²) < 4.78 is 5.59. The molecule has 1 amide bonds. The van der Waals surface area contributed by atoms with Gasteiger partial charge in [0.15, 0.2) is 0 Å². The van der Waals surface area contributed by atoms with Crippen molar-refractivity contribution >= 4 is 5.91 Å². The van der Waals surface area contributed by atoms with Gasteiger partial charge in [-0.25, -0.2) is 0 Å². The van der Waals surface area contributed by atoms with Crippen LogP contribution in [0.25, 0.3) is 0 Å². The highest BCUT2D eigenvalue weighted by molar-refractivity contribution is 5.81. The Balaban J connectivity index is 2.16. The van der Waals surface area contributed by atoms with Crippen molar-refractivity contribution in [2.75, 3.05) is 13.2 Å². The molecule has 20 heavy (non-hydrogen) atoms. The lowest BCUT2D eigenvalue weighted by atomic mass is 9.99. The largest absolute Gasteiger partial charge is 0.494 e. The number of ether oxygens (including phenoxy) is 1. The van der Waals surface area contributed by atoms with Gasteiger partial charge in [-0.2, -0.15) is 0 Å². The number of rotatable bonds is 8. The number of nitrogens with two attached hydrogens (primary N) is 1. The van der Waals surface area contributed by atoms with Crippen molar-refractivity contribution in [3.8, 4) is 5.75 Å². The van der Waals surface area contributed by atoms with Gasteiger partial charge in [-0.3, -0.25) is 4.79 Å². The molecule has 0 bridgehead atoms. The van der Waals surface area contributed by atoms with Crippen molar-refractivity contribution in [2.45, 2.75) is 39.7 Å². The van der Waals surface area contributed by atoms with Gasteiger partial charge in [-0.1, -0.05) is 38.0 Å². The Kier molecular flexibility index (Phi) is 7.09. The Morgan fingerprint density at radius 3 is 2.60 bits per heavy atom. The quantitative estimate of drug-likeness (QED) is 0.717. The number of carbonyl (C=O) groups is 1. The summed E-state index contributed by atoms with van der Waals surface area (Å²) in [7, 11) is 0. The lowest BCUT2D eigenvalue weighted by Crippen LogP contribution is -2.45. The van der Waals surface area contributed by atoms with Crippen molar-refractivity contribution in [1.82, 2.24) is 5.32 Å². The Labute approximate surface area is 121 Å². The number of hydrogen-bond acceptors (Lipinski definition) is 3. The van der Waals surface area contributed by atoms with E-state index in [1.54, 1.807) is 0 Å². The minimum absolute atomic E-state index is 0.0744. The van der Waals surface area contributed by atoms with E-state index in [2.05, 4.69) is 5.32 Å². The highest BCUT2D eigenvalue weighted by Gasteiger charge is 2.18. The van der Waals surface area contributed by atoms with Gasteiger partial charge in [0.05, 0.1) is 12.6 Å². The average molecular weight is 278 g/mol. The van der Waals surface area contributed by atoms with Gasteiger partial charge in [-0.15, -0.1) is 0 Å². The highest BCUT2D eigenvalue weighted by atomic mass is 16.5. The third-order valence-corrected chi connectivity index (χ3v) is 3.47. The second-order valence-corrected chi connectivity index (χ2v) is 5.22. The molecule has 0 aliphatic rings. The Bertz CT molecular complexity index is 403. The van der Waals surface area contributed by atoms with Gasteiger partial charge in [-0.05, 0) is 31.4 Å². The number of benzene rings is 1. The van der Waals surface area contributed by atoms with E-state index >= 15 is 0 Å². The maximum atomic E-state index is 11.7. The lowest BCUT2D eigenvalue weighted by Gasteiger charge is -2.17. The third-order valence-electron chi connectivity index (χ3n) is 3.47. The second kappa shape index (κ2) is 8.59. The predicted molar refractivity (Wildman–Crippen MR) is 81.7 cm³/mol. The molecular weight excluding hydrogens is 252 g/mol. The topological polar surface area (TPSA) is 64.4 Å². The van der Waals surface area contributed by atoms with Crippen LogP contribution in [0.4, 0.5) is 0 Å². The minimum Gasteiger partial charge on any atom is -0.494 e. The van der Waals surface area contributed by atoms with Gasteiger partial charge in [0.2, 0.25) is 5.91 Å². The van der Waals surface area contributed by atoms with Crippen molar-refractivity contribution in [2.24, 2.45) is 11.7 Å². The molecule has 0 radical (unpaired) electrons. The van der Waals surface area contributed by atoms with Crippen LogP contribution in [0.15, 0.2) is 24.3 Å². The van der Waals surface area contributed by atoms with Crippen LogP contribution >= 0.6 is 0 Å². The van der Waals surface area contributed by atoms with Crippen molar-refractivity contribution in [3.05, 3.63) is 29.8 Å². The number of carbonyl (C=O) groups excluding carboxylic acids is 1. The van der Waals surface area contributed by atoms with Crippen LogP contribution in [0.2, 0.25) is 0 Å². The van der Waals surface area contributed by atoms with Gasteiger partial charge >= 0.3 is 0 Å². The molecule has 2 atom stereocenters. The first kappa shape index (κ1) is 16.5. The fourth-order valence-corrected chi connectivity index (χ4v) is 1.74. The standard InChI is InChI=1S/C16H26N2O2/c1-4-13(3)15(17)16(19)18-10-5-11-20-14-8-6-12(2)7-9-14/h6-9,13,15H,4-5,10-11,17H2,1-3H3,(H,18,19). The van der Waals surface area contributed by atoms with E-state index in [0.29, 0.717) is 13.2 Å². The summed E-state index contributed by atoms with van der Waals surface area (Å²) in [4.78, 5) is 11.7. The highest BCUT2D eigenvalue weighted by Crippen LogP contribution is 2.11. The Morgan fingerprint density at radius 2 is 2.00 bits per heavy atom. The second-order valence-electron chi connectivity index (χ2n) is 5.22. The normalized spacial score (nSPS) is 13.6. The van der Waals surface area contributed by atoms with Crippen molar-refractivity contribution < 1.29 is 9.53 Å². The monoisotopic (exact) mass is 278 g/mol. The Morgan fingerprint density at radius 1 is 1.35 bits per heavy atom. The zero-order valence-electron chi connectivity index (χ0n) is 12.7. The van der Waals surface area contributed by atoms with Crippen LogP contribution in [-0.2, 0) is 4.79 Å². The zero-order chi connectivity index (χ0) is 15.0. The first-order chi connectivity index (χ1) is 9.54. The van der Waals surface area contributed by atoms with E-state index in [4.69, 9.17) is 10.5 Å². The van der Waals surface area contributed by atoms with Crippen LogP contribution < -0.4 is 15.8 Å². The molecule has 0 spiro atoms. The number of nitrogens with one attached hydrogen (secondary N) is 1. The summed E-state index contributed by atoms with van der Waals surface area (Å²) in [5.41, 5.74) is 7.06. The van der Waals surface area contributed by atoms with Gasteiger partial charge in [0.25, 0.3) is 0 Å². The molecule has 2 unspecified atom stereocenters. The van der Waals surface area contributed by atoms with E-state index in [-0.39, 0.29) is 11.8 Å². The first-order valence-electron chi connectivity index (χ1n) is 7.27. The predicted octanol–water partition coefficient (Wildman–Crippen LogP) is 2.25. The van der Waals surface area contributed by atoms with Crippen LogP contribution in [0, 0.1) is 12.8 Å². The zero-order valence-corrected chi connectivity index (χ0v) is 12.7. The SMILES string of the molecule is CCC(C)C(N)C(=O)NCCCOc1ccc(C)cc1. The summed E-state index contributed by atoms with van der Waals surface area (Å²) in [6.07, 6.45) is 1.68. The number of hydrogen-bond donors (Lipinski definition) is 2. The van der Waals surface area contributed by atoms with Crippen molar-refractivity contribution in [1.29, 1.82) is 0 Å². The summed E-state index contributed by atoms with van der Waals surface area (Å²) in [5, 5.41) is 2.85. The summed E-state index contributed by atoms with van der Waals surface area (Å²) in [5.74, 6) is 0.992. The molecule has 0 aliphatic carbocycles. The van der Waals surface area contributed by atoms with Crippen LogP contribution in [0.5, 0.6) is 5.75 Å². The lowest BCUT2D eigenvalue weighted by molar-refractivity contribution is -0.123. The average Bonchev–Trinajstić information content (AvgIpc) is 2.47. The molecule has 1 aromatic rings. The van der Waals surface area contributed by atoms with E-state index in [1.165, 1.54) is 5.56 Å². The third kappa shape index (κ3) is 5.61. The van der Waals surface area contributed by atoms with Crippen LogP contribution in [0.1, 0.15) is 32.3 Å². The van der Waals surface area contributed by atoms with Gasteiger partial charge in [0, 0.05) is 6.54 Å². The molecule has 4 heteroatoms. The summed E-state index contributed by atoms with van der Waals surface area (Å²) >= 11 is 0. The molecule has 0 heterocycles. The van der Waals surface area contributed by atoms with Crippen LogP contribution in [-0.4, -0.2) is 25.1 Å². The van der Waals surface area contributed by atoms with E-state index < -0.39 is 6.04 Å². The molecule has 0 aliphatic heterocycles. The van der Waals surface area contributed by atoms with E-state index in [0.717, 1.165) is 18.6 Å². The molecular formula is C16H26N2O2. The van der Waals surface area contributed by atoms with Gasteiger partial charge < -0.3 is 15.8 Å². The smallest absolute Gasteiger partial charge is 0.237 e. The molecule has 112 valence electrons. The first-order valence-corrected chi connectivity index (χ1v) is 7.27. The molecule has 1 aromatic carbocycles. The molecule has 3 N–H and O–H groups in total. The molecule has 1 rings (SSSR count). The summed E-state index contributed by atoms with van der Waals surface area (Å²) in [6.45, 7) is 7.24. The Hall–Kier alpha value is -1.55. The fraction of sp³-hybridized carbons (Fsp3) is 0.562. The van der Waals surface area contributed by atoms with E-state index in [9.17, 15) is 4.79 Å². The van der Waals surface area contributed by atoms with E-state index in [1.807, 2.05) is 45.0 Å². The molecule has 0 saturated heterocycles. The summed E-state index contributed by atoms with van der Waals surface area (Å²) in [6, 6.07) is 7.52. The molecule has 0 aromatic heterocycles. The molecule has 4 nitrogen and oxygen atoms in total. The maximum Gasteiger partial charge on any atom is 0.237 e. The number of aryl methyl sites for hydroxylation is 1.